The molecule has 1 spiro atoms. The zero-order chi connectivity index (χ0) is 18.4. The van der Waals surface area contributed by atoms with Gasteiger partial charge in [-0.05, 0) is 25.3 Å². The lowest BCUT2D eigenvalue weighted by Gasteiger charge is -2.39. The van der Waals surface area contributed by atoms with E-state index in [1.807, 2.05) is 30.5 Å². The molecule has 5 nitrogen and oxygen atoms in total. The van der Waals surface area contributed by atoms with Crippen molar-refractivity contribution in [1.82, 2.24) is 10.3 Å². The highest BCUT2D eigenvalue weighted by Gasteiger charge is 2.44. The number of amides is 1. The Balaban J connectivity index is 1.53. The monoisotopic (exact) mass is 381 g/mol. The summed E-state index contributed by atoms with van der Waals surface area (Å²) in [5.74, 6) is 0.212. The smallest absolute Gasteiger partial charge is 0.226 e. The van der Waals surface area contributed by atoms with Gasteiger partial charge >= 0.3 is 0 Å². The Morgan fingerprint density at radius 3 is 2.70 bits per heavy atom. The lowest BCUT2D eigenvalue weighted by Crippen LogP contribution is -2.44. The largest absolute Gasteiger partial charge is 0.464 e. The number of furan rings is 1. The van der Waals surface area contributed by atoms with E-state index in [-0.39, 0.29) is 11.3 Å². The van der Waals surface area contributed by atoms with Crippen molar-refractivity contribution in [2.24, 2.45) is 5.41 Å². The average molecular weight is 382 g/mol. The summed E-state index contributed by atoms with van der Waals surface area (Å²) >= 11 is 6.60. The van der Waals surface area contributed by atoms with E-state index in [1.54, 1.807) is 12.5 Å². The van der Waals surface area contributed by atoms with Gasteiger partial charge in [0.05, 0.1) is 22.4 Å². The summed E-state index contributed by atoms with van der Waals surface area (Å²) in [5, 5.41) is 4.67. The second kappa shape index (κ2) is 6.27. The molecule has 6 heteroatoms. The maximum atomic E-state index is 12.3. The second-order valence-electron chi connectivity index (χ2n) is 7.44. The summed E-state index contributed by atoms with van der Waals surface area (Å²) in [6.07, 6.45) is 7.95. The molecular weight excluding hydrogens is 362 g/mol. The predicted molar refractivity (Wildman–Crippen MR) is 106 cm³/mol. The van der Waals surface area contributed by atoms with E-state index < -0.39 is 0 Å². The Morgan fingerprint density at radius 2 is 1.93 bits per heavy atom. The van der Waals surface area contributed by atoms with Gasteiger partial charge in [0.15, 0.2) is 0 Å². The molecule has 0 atom stereocenters. The minimum atomic E-state index is -0.196. The molecule has 1 amide bonds. The summed E-state index contributed by atoms with van der Waals surface area (Å²) < 4.78 is 5.73. The fraction of sp³-hybridized carbons (Fsp3) is 0.333. The Bertz CT molecular complexity index is 1020. The van der Waals surface area contributed by atoms with Gasteiger partial charge in [0.1, 0.15) is 5.58 Å². The van der Waals surface area contributed by atoms with Crippen LogP contribution in [0.5, 0.6) is 0 Å². The maximum absolute atomic E-state index is 12.3. The van der Waals surface area contributed by atoms with Crippen molar-refractivity contribution >= 4 is 34.2 Å². The quantitative estimate of drug-likeness (QED) is 0.720. The molecule has 0 bridgehead atoms. The number of para-hydroxylation sites is 1. The molecule has 0 radical (unpaired) electrons. The van der Waals surface area contributed by atoms with Crippen LogP contribution < -0.4 is 10.2 Å². The van der Waals surface area contributed by atoms with Crippen molar-refractivity contribution in [3.8, 4) is 11.1 Å². The van der Waals surface area contributed by atoms with Crippen LogP contribution in [-0.2, 0) is 4.79 Å². The Kier molecular flexibility index (Phi) is 3.86. The molecule has 2 fully saturated rings. The van der Waals surface area contributed by atoms with Gasteiger partial charge in [-0.15, -0.1) is 0 Å². The third-order valence-corrected chi connectivity index (χ3v) is 6.33. The maximum Gasteiger partial charge on any atom is 0.226 e. The molecule has 0 aliphatic carbocycles. The number of rotatable bonds is 2. The van der Waals surface area contributed by atoms with Gasteiger partial charge in [-0.3, -0.25) is 9.78 Å². The summed E-state index contributed by atoms with van der Waals surface area (Å²) in [7, 11) is 0. The summed E-state index contributed by atoms with van der Waals surface area (Å²) in [6.45, 7) is 2.40. The zero-order valence-electron chi connectivity index (χ0n) is 14.9. The first kappa shape index (κ1) is 16.6. The van der Waals surface area contributed by atoms with Crippen LogP contribution in [-0.4, -0.2) is 30.5 Å². The van der Waals surface area contributed by atoms with Crippen molar-refractivity contribution in [1.29, 1.82) is 0 Å². The number of nitrogens with zero attached hydrogens (tertiary/aromatic N) is 2. The number of carbonyl (C=O) groups is 1. The second-order valence-corrected chi connectivity index (χ2v) is 7.84. The number of nitrogens with one attached hydrogen (secondary N) is 1. The Labute approximate surface area is 162 Å². The van der Waals surface area contributed by atoms with E-state index >= 15 is 0 Å². The van der Waals surface area contributed by atoms with E-state index in [0.717, 1.165) is 66.7 Å². The van der Waals surface area contributed by atoms with E-state index in [2.05, 4.69) is 15.2 Å². The van der Waals surface area contributed by atoms with Gasteiger partial charge in [0, 0.05) is 48.5 Å². The van der Waals surface area contributed by atoms with Crippen molar-refractivity contribution < 1.29 is 9.21 Å². The van der Waals surface area contributed by atoms with Crippen molar-refractivity contribution in [2.45, 2.75) is 19.3 Å². The van der Waals surface area contributed by atoms with E-state index in [1.165, 1.54) is 0 Å². The first-order valence-corrected chi connectivity index (χ1v) is 9.69. The molecule has 2 saturated heterocycles. The molecule has 1 N–H and O–H groups in total. The van der Waals surface area contributed by atoms with Crippen LogP contribution in [0.2, 0.25) is 5.02 Å². The topological polar surface area (TPSA) is 58.4 Å². The normalized spacial score (nSPS) is 19.0. The number of anilines is 1. The number of pyridine rings is 1. The van der Waals surface area contributed by atoms with Gasteiger partial charge in [-0.2, -0.15) is 0 Å². The van der Waals surface area contributed by atoms with Crippen molar-refractivity contribution in [3.05, 3.63) is 47.9 Å². The van der Waals surface area contributed by atoms with Gasteiger partial charge in [-0.25, -0.2) is 0 Å². The number of aromatic nitrogens is 1. The molecule has 2 aliphatic heterocycles. The molecule has 3 aromatic rings. The molecule has 138 valence electrons. The third kappa shape index (κ3) is 2.60. The van der Waals surface area contributed by atoms with Gasteiger partial charge < -0.3 is 14.6 Å². The van der Waals surface area contributed by atoms with E-state index in [9.17, 15) is 4.79 Å². The molecule has 27 heavy (non-hydrogen) atoms. The van der Waals surface area contributed by atoms with E-state index in [4.69, 9.17) is 16.0 Å². The highest BCUT2D eigenvalue weighted by Crippen LogP contribution is 2.44. The molecule has 0 unspecified atom stereocenters. The summed E-state index contributed by atoms with van der Waals surface area (Å²) in [5.41, 5.74) is 3.59. The van der Waals surface area contributed by atoms with Crippen molar-refractivity contribution in [3.63, 3.8) is 0 Å². The van der Waals surface area contributed by atoms with Crippen LogP contribution in [0.3, 0.4) is 0 Å². The van der Waals surface area contributed by atoms with Crippen LogP contribution >= 0.6 is 11.6 Å². The lowest BCUT2D eigenvalue weighted by molar-refractivity contribution is -0.128. The molecule has 2 aliphatic rings. The summed E-state index contributed by atoms with van der Waals surface area (Å²) in [6, 6.07) is 7.97. The number of hydrogen-bond donors (Lipinski definition) is 1. The number of hydrogen-bond acceptors (Lipinski definition) is 4. The Morgan fingerprint density at radius 1 is 1.11 bits per heavy atom. The molecule has 5 rings (SSSR count). The van der Waals surface area contributed by atoms with Crippen LogP contribution in [0.1, 0.15) is 19.3 Å². The number of halogens is 1. The number of piperidine rings is 1. The number of benzene rings is 1. The molecule has 2 aromatic heterocycles. The molecule has 1 aromatic carbocycles. The number of carbonyl (C=O) groups excluding carboxylic acids is 1. The highest BCUT2D eigenvalue weighted by atomic mass is 35.5. The van der Waals surface area contributed by atoms with Crippen LogP contribution in [0.25, 0.3) is 22.1 Å². The zero-order valence-corrected chi connectivity index (χ0v) is 15.6. The summed E-state index contributed by atoms with van der Waals surface area (Å²) in [4.78, 5) is 18.9. The average Bonchev–Trinajstić information content (AvgIpc) is 3.27. The SMILES string of the molecule is O=C1NCCC12CCN(c1c(Cl)cncc1-c1coc3ccccc13)CC2. The standard InChI is InChI=1S/C21H20ClN3O2/c22-17-12-23-11-15(16-13-27-18-4-2-1-3-14(16)18)19(17)25-9-6-21(7-10-25)5-8-24-20(21)26/h1-4,11-13H,5-10H2,(H,24,26). The fourth-order valence-electron chi connectivity index (χ4n) is 4.48. The fourth-order valence-corrected chi connectivity index (χ4v) is 4.76. The van der Waals surface area contributed by atoms with Gasteiger partial charge in [0.25, 0.3) is 0 Å². The van der Waals surface area contributed by atoms with Crippen LogP contribution in [0.4, 0.5) is 5.69 Å². The van der Waals surface area contributed by atoms with Crippen LogP contribution in [0.15, 0.2) is 47.3 Å². The highest BCUT2D eigenvalue weighted by molar-refractivity contribution is 6.34. The predicted octanol–water partition coefficient (Wildman–Crippen LogP) is 4.25. The minimum absolute atomic E-state index is 0.196. The minimum Gasteiger partial charge on any atom is -0.464 e. The van der Waals surface area contributed by atoms with Crippen LogP contribution in [0, 0.1) is 5.41 Å². The van der Waals surface area contributed by atoms with Gasteiger partial charge in [0.2, 0.25) is 5.91 Å². The third-order valence-electron chi connectivity index (χ3n) is 6.05. The van der Waals surface area contributed by atoms with E-state index in [0.29, 0.717) is 5.02 Å². The first-order chi connectivity index (χ1) is 13.2. The van der Waals surface area contributed by atoms with Crippen molar-refractivity contribution in [2.75, 3.05) is 24.5 Å². The number of fused-ring (bicyclic) bond motifs is 1. The Hall–Kier alpha value is -2.53. The lowest BCUT2D eigenvalue weighted by atomic mass is 9.77. The van der Waals surface area contributed by atoms with Gasteiger partial charge in [-0.1, -0.05) is 29.8 Å². The first-order valence-electron chi connectivity index (χ1n) is 9.31. The molecule has 0 saturated carbocycles. The molecule has 4 heterocycles. The molecular formula is C21H20ClN3O2.